The van der Waals surface area contributed by atoms with Gasteiger partial charge in [0.15, 0.2) is 5.79 Å². The molecule has 1 heterocycles. The van der Waals surface area contributed by atoms with E-state index in [0.29, 0.717) is 6.61 Å². The fourth-order valence-electron chi connectivity index (χ4n) is 3.45. The Bertz CT molecular complexity index is 316. The minimum atomic E-state index is -0.679. The molecule has 0 saturated carbocycles. The van der Waals surface area contributed by atoms with Crippen LogP contribution < -0.4 is 0 Å². The Morgan fingerprint density at radius 1 is 1.00 bits per heavy atom. The van der Waals surface area contributed by atoms with Crippen LogP contribution in [-0.4, -0.2) is 38.5 Å². The highest BCUT2D eigenvalue weighted by Gasteiger charge is 2.65. The monoisotopic (exact) mass is 330 g/mol. The van der Waals surface area contributed by atoms with Gasteiger partial charge in [0, 0.05) is 20.8 Å². The molecule has 0 aromatic rings. The number of hydrogen-bond acceptors (Lipinski definition) is 4. The van der Waals surface area contributed by atoms with Crippen molar-refractivity contribution in [1.29, 1.82) is 0 Å². The summed E-state index contributed by atoms with van der Waals surface area (Å²) in [6, 6.07) is 0. The van der Waals surface area contributed by atoms with E-state index in [0.717, 1.165) is 19.3 Å². The first-order chi connectivity index (χ1) is 11.0. The molecule has 1 aliphatic heterocycles. The lowest BCUT2D eigenvalue weighted by Crippen LogP contribution is -2.49. The van der Waals surface area contributed by atoms with Crippen molar-refractivity contribution in [3.05, 3.63) is 0 Å². The van der Waals surface area contributed by atoms with Crippen LogP contribution in [0.5, 0.6) is 0 Å². The number of hydrogen-bond donors (Lipinski definition) is 0. The summed E-state index contributed by atoms with van der Waals surface area (Å²) in [6.07, 6.45) is 9.74. The van der Waals surface area contributed by atoms with Crippen molar-refractivity contribution in [2.24, 2.45) is 5.92 Å². The highest BCUT2D eigenvalue weighted by molar-refractivity contribution is 5.02. The zero-order chi connectivity index (χ0) is 17.3. The van der Waals surface area contributed by atoms with Crippen LogP contribution >= 0.6 is 0 Å². The fraction of sp³-hybridized carbons (Fsp3) is 1.00. The molecule has 0 radical (unpaired) electrons. The zero-order valence-electron chi connectivity index (χ0n) is 16.2. The minimum Gasteiger partial charge on any atom is -0.353 e. The van der Waals surface area contributed by atoms with Gasteiger partial charge in [-0.1, -0.05) is 52.4 Å². The molecule has 0 aromatic heterocycles. The van der Waals surface area contributed by atoms with Gasteiger partial charge in [0.2, 0.25) is 5.79 Å². The third-order valence-electron chi connectivity index (χ3n) is 5.18. The van der Waals surface area contributed by atoms with Crippen molar-refractivity contribution in [2.75, 3.05) is 20.8 Å². The van der Waals surface area contributed by atoms with E-state index >= 15 is 0 Å². The Morgan fingerprint density at radius 3 is 2.04 bits per heavy atom. The third kappa shape index (κ3) is 5.42. The van der Waals surface area contributed by atoms with E-state index in [1.807, 2.05) is 6.92 Å². The standard InChI is InChI=1S/C19H38O4/c1-7-9-10-11-12-13-14-17(18(4,20-5)21-6)19(16(3)23-19)22-15-8-2/h16-17H,7-15H2,1-6H3. The Labute approximate surface area is 143 Å². The van der Waals surface area contributed by atoms with Gasteiger partial charge < -0.3 is 18.9 Å². The van der Waals surface area contributed by atoms with Crippen molar-refractivity contribution in [3.63, 3.8) is 0 Å². The predicted octanol–water partition coefficient (Wildman–Crippen LogP) is 4.90. The van der Waals surface area contributed by atoms with Gasteiger partial charge in [-0.2, -0.15) is 0 Å². The summed E-state index contributed by atoms with van der Waals surface area (Å²) >= 11 is 0. The number of methoxy groups -OCH3 is 2. The average Bonchev–Trinajstić information content (AvgIpc) is 3.22. The maximum Gasteiger partial charge on any atom is 0.203 e. The quantitative estimate of drug-likeness (QED) is 0.258. The summed E-state index contributed by atoms with van der Waals surface area (Å²) < 4.78 is 23.5. The zero-order valence-corrected chi connectivity index (χ0v) is 16.2. The van der Waals surface area contributed by atoms with Gasteiger partial charge >= 0.3 is 0 Å². The first kappa shape index (κ1) is 20.9. The summed E-state index contributed by atoms with van der Waals surface area (Å²) in [6.45, 7) is 9.16. The van der Waals surface area contributed by atoms with Gasteiger partial charge in [-0.15, -0.1) is 0 Å². The number of unbranched alkanes of at least 4 members (excludes halogenated alkanes) is 5. The molecule has 1 fully saturated rings. The molecule has 0 N–H and O–H groups in total. The molecule has 1 saturated heterocycles. The lowest BCUT2D eigenvalue weighted by atomic mass is 9.86. The van der Waals surface area contributed by atoms with Crippen molar-refractivity contribution < 1.29 is 18.9 Å². The van der Waals surface area contributed by atoms with E-state index in [1.165, 1.54) is 32.1 Å². The van der Waals surface area contributed by atoms with Gasteiger partial charge in [0.05, 0.1) is 5.92 Å². The van der Waals surface area contributed by atoms with Crippen molar-refractivity contribution in [3.8, 4) is 0 Å². The van der Waals surface area contributed by atoms with Gasteiger partial charge in [-0.05, 0) is 26.7 Å². The Morgan fingerprint density at radius 2 is 1.57 bits per heavy atom. The molecule has 0 spiro atoms. The first-order valence-corrected chi connectivity index (χ1v) is 9.42. The van der Waals surface area contributed by atoms with Crippen LogP contribution in [-0.2, 0) is 18.9 Å². The molecule has 0 aromatic carbocycles. The lowest BCUT2D eigenvalue weighted by Gasteiger charge is -2.38. The topological polar surface area (TPSA) is 40.2 Å². The molecule has 3 atom stereocenters. The summed E-state index contributed by atoms with van der Waals surface area (Å²) in [5.74, 6) is -1.14. The van der Waals surface area contributed by atoms with Crippen LogP contribution in [0, 0.1) is 5.92 Å². The van der Waals surface area contributed by atoms with E-state index in [2.05, 4.69) is 20.8 Å². The van der Waals surface area contributed by atoms with E-state index < -0.39 is 11.6 Å². The number of epoxide rings is 1. The molecule has 0 aliphatic carbocycles. The SMILES string of the molecule is CCCCCCCCC(C(C)(OC)OC)C1(OCCC)OC1C. The van der Waals surface area contributed by atoms with Gasteiger partial charge in [-0.3, -0.25) is 0 Å². The number of ether oxygens (including phenoxy) is 4. The first-order valence-electron chi connectivity index (χ1n) is 9.42. The second-order valence-electron chi connectivity index (χ2n) is 6.86. The second-order valence-corrected chi connectivity index (χ2v) is 6.86. The molecule has 4 nitrogen and oxygen atoms in total. The Kier molecular flexibility index (Phi) is 9.06. The van der Waals surface area contributed by atoms with Crippen LogP contribution in [0.4, 0.5) is 0 Å². The second kappa shape index (κ2) is 9.97. The molecule has 0 bridgehead atoms. The van der Waals surface area contributed by atoms with Gasteiger partial charge in [0.25, 0.3) is 0 Å². The van der Waals surface area contributed by atoms with Crippen molar-refractivity contribution >= 4 is 0 Å². The van der Waals surface area contributed by atoms with E-state index in [4.69, 9.17) is 18.9 Å². The summed E-state index contributed by atoms with van der Waals surface area (Å²) in [4.78, 5) is 0. The van der Waals surface area contributed by atoms with Gasteiger partial charge in [0.1, 0.15) is 6.10 Å². The molecule has 138 valence electrons. The van der Waals surface area contributed by atoms with E-state index in [-0.39, 0.29) is 12.0 Å². The molecule has 1 rings (SSSR count). The van der Waals surface area contributed by atoms with E-state index in [9.17, 15) is 0 Å². The average molecular weight is 331 g/mol. The van der Waals surface area contributed by atoms with Crippen LogP contribution in [0.2, 0.25) is 0 Å². The Hall–Kier alpha value is -0.160. The van der Waals surface area contributed by atoms with Crippen LogP contribution in [0.3, 0.4) is 0 Å². The molecule has 23 heavy (non-hydrogen) atoms. The summed E-state index contributed by atoms with van der Waals surface area (Å²) in [5, 5.41) is 0. The Balaban J connectivity index is 2.67. The normalized spacial score (nSPS) is 25.6. The lowest BCUT2D eigenvalue weighted by molar-refractivity contribution is -0.270. The maximum atomic E-state index is 6.13. The molecule has 3 unspecified atom stereocenters. The molecule has 0 amide bonds. The molecule has 4 heteroatoms. The smallest absolute Gasteiger partial charge is 0.203 e. The van der Waals surface area contributed by atoms with Gasteiger partial charge in [-0.25, -0.2) is 0 Å². The van der Waals surface area contributed by atoms with Crippen molar-refractivity contribution in [1.82, 2.24) is 0 Å². The summed E-state index contributed by atoms with van der Waals surface area (Å²) in [7, 11) is 3.41. The fourth-order valence-corrected chi connectivity index (χ4v) is 3.45. The van der Waals surface area contributed by atoms with Crippen LogP contribution in [0.15, 0.2) is 0 Å². The third-order valence-corrected chi connectivity index (χ3v) is 5.18. The molecular formula is C19H38O4. The highest BCUT2D eigenvalue weighted by Crippen LogP contribution is 2.51. The van der Waals surface area contributed by atoms with Crippen molar-refractivity contribution in [2.45, 2.75) is 96.7 Å². The maximum absolute atomic E-state index is 6.13. The molecule has 1 aliphatic rings. The molecular weight excluding hydrogens is 292 g/mol. The van der Waals surface area contributed by atoms with E-state index in [1.54, 1.807) is 14.2 Å². The minimum absolute atomic E-state index is 0.0812. The van der Waals surface area contributed by atoms with Crippen LogP contribution in [0.25, 0.3) is 0 Å². The van der Waals surface area contributed by atoms with Crippen LogP contribution in [0.1, 0.15) is 79.1 Å². The number of rotatable bonds is 14. The summed E-state index contributed by atoms with van der Waals surface area (Å²) in [5.41, 5.74) is 0. The largest absolute Gasteiger partial charge is 0.353 e. The highest BCUT2D eigenvalue weighted by atomic mass is 16.8. The predicted molar refractivity (Wildman–Crippen MR) is 93.4 cm³/mol.